The number of benzene rings is 1. The van der Waals surface area contributed by atoms with Crippen molar-refractivity contribution < 1.29 is 4.74 Å². The van der Waals surface area contributed by atoms with E-state index >= 15 is 0 Å². The lowest BCUT2D eigenvalue weighted by Crippen LogP contribution is -2.35. The normalized spacial score (nSPS) is 15.0. The highest BCUT2D eigenvalue weighted by atomic mass is 35.5. The van der Waals surface area contributed by atoms with Crippen LogP contribution < -0.4 is 5.73 Å². The summed E-state index contributed by atoms with van der Waals surface area (Å²) in [4.78, 5) is 0. The highest BCUT2D eigenvalue weighted by Gasteiger charge is 2.13. The minimum absolute atomic E-state index is 0.0183. The van der Waals surface area contributed by atoms with Crippen LogP contribution in [-0.2, 0) is 11.2 Å². The van der Waals surface area contributed by atoms with Gasteiger partial charge in [-0.15, -0.1) is 0 Å². The molecule has 0 amide bonds. The minimum atomic E-state index is -0.0183. The first-order chi connectivity index (χ1) is 7.04. The molecule has 0 heterocycles. The van der Waals surface area contributed by atoms with E-state index in [1.807, 2.05) is 32.0 Å². The third-order valence-electron chi connectivity index (χ3n) is 2.64. The van der Waals surface area contributed by atoms with Crippen LogP contribution >= 0.6 is 11.6 Å². The Hall–Kier alpha value is -0.570. The summed E-state index contributed by atoms with van der Waals surface area (Å²) in [6.07, 6.45) is 0.788. The van der Waals surface area contributed by atoms with Crippen molar-refractivity contribution in [3.8, 4) is 0 Å². The Labute approximate surface area is 96.4 Å². The first kappa shape index (κ1) is 12.5. The van der Waals surface area contributed by atoms with E-state index in [1.54, 1.807) is 7.11 Å². The van der Waals surface area contributed by atoms with Crippen LogP contribution in [0.4, 0.5) is 0 Å². The molecule has 0 aliphatic heterocycles. The molecule has 0 radical (unpaired) electrons. The van der Waals surface area contributed by atoms with Gasteiger partial charge in [-0.2, -0.15) is 0 Å². The molecule has 0 saturated carbocycles. The third-order valence-corrected chi connectivity index (χ3v) is 2.99. The Morgan fingerprint density at radius 1 is 1.47 bits per heavy atom. The summed E-state index contributed by atoms with van der Waals surface area (Å²) in [6.45, 7) is 3.99. The molecule has 2 nitrogen and oxygen atoms in total. The van der Waals surface area contributed by atoms with Gasteiger partial charge in [0.2, 0.25) is 0 Å². The molecule has 15 heavy (non-hydrogen) atoms. The number of halogens is 1. The summed E-state index contributed by atoms with van der Waals surface area (Å²) in [5, 5.41) is 0.786. The molecule has 2 atom stereocenters. The van der Waals surface area contributed by atoms with Gasteiger partial charge in [0.25, 0.3) is 0 Å². The van der Waals surface area contributed by atoms with Crippen molar-refractivity contribution in [2.45, 2.75) is 32.4 Å². The summed E-state index contributed by atoms with van der Waals surface area (Å²) in [5.41, 5.74) is 8.23. The fraction of sp³-hybridized carbons (Fsp3) is 0.500. The fourth-order valence-electron chi connectivity index (χ4n) is 1.41. The topological polar surface area (TPSA) is 35.2 Å². The van der Waals surface area contributed by atoms with Crippen molar-refractivity contribution in [1.82, 2.24) is 0 Å². The second-order valence-electron chi connectivity index (χ2n) is 3.90. The van der Waals surface area contributed by atoms with E-state index in [0.29, 0.717) is 0 Å². The van der Waals surface area contributed by atoms with Crippen LogP contribution in [0.25, 0.3) is 0 Å². The van der Waals surface area contributed by atoms with Crippen molar-refractivity contribution in [1.29, 1.82) is 0 Å². The number of hydrogen-bond acceptors (Lipinski definition) is 2. The molecule has 0 aliphatic rings. The second-order valence-corrected chi connectivity index (χ2v) is 4.31. The summed E-state index contributed by atoms with van der Waals surface area (Å²) in [5.74, 6) is 0. The Morgan fingerprint density at radius 2 is 2.13 bits per heavy atom. The molecule has 84 valence electrons. The average molecular weight is 228 g/mol. The van der Waals surface area contributed by atoms with E-state index in [9.17, 15) is 0 Å². The van der Waals surface area contributed by atoms with Crippen LogP contribution in [0.1, 0.15) is 18.1 Å². The van der Waals surface area contributed by atoms with Gasteiger partial charge in [-0.1, -0.05) is 23.7 Å². The van der Waals surface area contributed by atoms with E-state index in [1.165, 1.54) is 0 Å². The lowest BCUT2D eigenvalue weighted by molar-refractivity contribution is 0.0956. The molecule has 3 heteroatoms. The van der Waals surface area contributed by atoms with E-state index in [4.69, 9.17) is 22.1 Å². The van der Waals surface area contributed by atoms with E-state index < -0.39 is 0 Å². The van der Waals surface area contributed by atoms with Crippen LogP contribution in [-0.4, -0.2) is 19.3 Å². The molecule has 2 N–H and O–H groups in total. The quantitative estimate of drug-likeness (QED) is 0.858. The van der Waals surface area contributed by atoms with Crippen molar-refractivity contribution >= 4 is 11.6 Å². The molecule has 0 spiro atoms. The number of hydrogen-bond donors (Lipinski definition) is 1. The molecule has 1 rings (SSSR count). The van der Waals surface area contributed by atoms with Crippen molar-refractivity contribution in [3.63, 3.8) is 0 Å². The van der Waals surface area contributed by atoms with Crippen molar-refractivity contribution in [3.05, 3.63) is 34.3 Å². The molecular formula is C12H18ClNO. The maximum atomic E-state index is 6.13. The van der Waals surface area contributed by atoms with Gasteiger partial charge in [0, 0.05) is 18.2 Å². The number of nitrogens with two attached hydrogens (primary N) is 1. The summed E-state index contributed by atoms with van der Waals surface area (Å²) in [6, 6.07) is 6.02. The van der Waals surface area contributed by atoms with Gasteiger partial charge in [0.1, 0.15) is 0 Å². The molecule has 0 aliphatic carbocycles. The molecule has 1 aromatic rings. The number of ether oxygens (including phenoxy) is 1. The first-order valence-electron chi connectivity index (χ1n) is 5.08. The maximum absolute atomic E-state index is 6.13. The summed E-state index contributed by atoms with van der Waals surface area (Å²) in [7, 11) is 1.67. The second kappa shape index (κ2) is 5.50. The van der Waals surface area contributed by atoms with Crippen molar-refractivity contribution in [2.24, 2.45) is 5.73 Å². The molecule has 0 fully saturated rings. The standard InChI is InChI=1S/C12H18ClNO/c1-8-4-5-10(11(13)6-8)7-12(14)9(2)15-3/h4-6,9,12H,7,14H2,1-3H3. The SMILES string of the molecule is COC(C)C(N)Cc1ccc(C)cc1Cl. The predicted octanol–water partition coefficient (Wildman–Crippen LogP) is 2.55. The van der Waals surface area contributed by atoms with Gasteiger partial charge >= 0.3 is 0 Å². The number of methoxy groups -OCH3 is 1. The average Bonchev–Trinajstić information content (AvgIpc) is 2.20. The molecular weight excluding hydrogens is 210 g/mol. The Bertz CT molecular complexity index is 327. The monoisotopic (exact) mass is 227 g/mol. The van der Waals surface area contributed by atoms with Crippen LogP contribution in [0, 0.1) is 6.92 Å². The van der Waals surface area contributed by atoms with Gasteiger partial charge in [0.15, 0.2) is 0 Å². The van der Waals surface area contributed by atoms with E-state index in [2.05, 4.69) is 0 Å². The molecule has 0 saturated heterocycles. The molecule has 2 unspecified atom stereocenters. The third kappa shape index (κ3) is 3.49. The zero-order chi connectivity index (χ0) is 11.4. The molecule has 1 aromatic carbocycles. The summed E-state index contributed by atoms with van der Waals surface area (Å²) < 4.78 is 5.18. The number of aryl methyl sites for hydroxylation is 1. The highest BCUT2D eigenvalue weighted by Crippen LogP contribution is 2.19. The van der Waals surface area contributed by atoms with Gasteiger partial charge in [-0.25, -0.2) is 0 Å². The Morgan fingerprint density at radius 3 is 2.67 bits per heavy atom. The van der Waals surface area contributed by atoms with Crippen LogP contribution in [0.5, 0.6) is 0 Å². The van der Waals surface area contributed by atoms with Crippen LogP contribution in [0.2, 0.25) is 5.02 Å². The molecule has 0 aromatic heterocycles. The van der Waals surface area contributed by atoms with Gasteiger partial charge < -0.3 is 10.5 Å². The van der Waals surface area contributed by atoms with Crippen molar-refractivity contribution in [2.75, 3.05) is 7.11 Å². The van der Waals surface area contributed by atoms with Gasteiger partial charge in [0.05, 0.1) is 6.10 Å². The van der Waals surface area contributed by atoms with Crippen LogP contribution in [0.15, 0.2) is 18.2 Å². The number of rotatable bonds is 4. The predicted molar refractivity (Wildman–Crippen MR) is 64.3 cm³/mol. The largest absolute Gasteiger partial charge is 0.380 e. The zero-order valence-electron chi connectivity index (χ0n) is 9.46. The van der Waals surface area contributed by atoms with Gasteiger partial charge in [-0.3, -0.25) is 0 Å². The molecule has 0 bridgehead atoms. The van der Waals surface area contributed by atoms with E-state index in [-0.39, 0.29) is 12.1 Å². The van der Waals surface area contributed by atoms with E-state index in [0.717, 1.165) is 22.6 Å². The van der Waals surface area contributed by atoms with Gasteiger partial charge in [-0.05, 0) is 37.5 Å². The Balaban J connectivity index is 2.72. The minimum Gasteiger partial charge on any atom is -0.380 e. The van der Waals surface area contributed by atoms with Crippen LogP contribution in [0.3, 0.4) is 0 Å². The smallest absolute Gasteiger partial charge is 0.0697 e. The lowest BCUT2D eigenvalue weighted by Gasteiger charge is -2.19. The summed E-state index contributed by atoms with van der Waals surface area (Å²) >= 11 is 6.13. The lowest BCUT2D eigenvalue weighted by atomic mass is 10.0. The first-order valence-corrected chi connectivity index (χ1v) is 5.45. The maximum Gasteiger partial charge on any atom is 0.0697 e. The zero-order valence-corrected chi connectivity index (χ0v) is 10.2. The highest BCUT2D eigenvalue weighted by molar-refractivity contribution is 6.31. The Kier molecular flexibility index (Phi) is 4.58. The fourth-order valence-corrected chi connectivity index (χ4v) is 1.72.